The molecular formula is C19H20ClF2N3O2. The smallest absolute Gasteiger partial charge is 0.387 e. The predicted molar refractivity (Wildman–Crippen MR) is 100 cm³/mol. The molecule has 1 saturated heterocycles. The fourth-order valence-corrected chi connectivity index (χ4v) is 3.49. The Morgan fingerprint density at radius 2 is 2.00 bits per heavy atom. The summed E-state index contributed by atoms with van der Waals surface area (Å²) < 4.78 is 28.8. The number of hydrogen-bond donors (Lipinski definition) is 2. The average molecular weight is 396 g/mol. The third-order valence-electron chi connectivity index (χ3n) is 4.47. The molecular weight excluding hydrogens is 376 g/mol. The lowest BCUT2D eigenvalue weighted by atomic mass is 9.95. The van der Waals surface area contributed by atoms with E-state index in [4.69, 9.17) is 17.3 Å². The first-order valence-electron chi connectivity index (χ1n) is 8.49. The number of rotatable bonds is 6. The van der Waals surface area contributed by atoms with Gasteiger partial charge >= 0.3 is 6.61 Å². The lowest BCUT2D eigenvalue weighted by Crippen LogP contribution is -2.33. The molecule has 0 saturated carbocycles. The van der Waals surface area contributed by atoms with E-state index in [1.807, 2.05) is 35.2 Å². The molecule has 1 aliphatic heterocycles. The van der Waals surface area contributed by atoms with E-state index in [-0.39, 0.29) is 35.2 Å². The van der Waals surface area contributed by atoms with Crippen LogP contribution in [-0.4, -0.2) is 43.1 Å². The van der Waals surface area contributed by atoms with E-state index in [0.717, 1.165) is 5.56 Å². The number of nitrogens with two attached hydrogens (primary N) is 1. The van der Waals surface area contributed by atoms with Gasteiger partial charge < -0.3 is 15.8 Å². The minimum atomic E-state index is -2.96. The average Bonchev–Trinajstić information content (AvgIpc) is 2.98. The fourth-order valence-electron chi connectivity index (χ4n) is 3.27. The number of halogens is 3. The molecule has 2 atom stereocenters. The summed E-state index contributed by atoms with van der Waals surface area (Å²) in [5.74, 6) is -0.186. The first kappa shape index (κ1) is 19.5. The maximum absolute atomic E-state index is 12.3. The Hall–Kier alpha value is -2.22. The van der Waals surface area contributed by atoms with Gasteiger partial charge in [-0.3, -0.25) is 9.69 Å². The van der Waals surface area contributed by atoms with Crippen molar-refractivity contribution in [3.05, 3.63) is 59.1 Å². The number of carbonyl (C=O) groups is 1. The van der Waals surface area contributed by atoms with Crippen molar-refractivity contribution < 1.29 is 18.3 Å². The summed E-state index contributed by atoms with van der Waals surface area (Å²) in [5, 5.41) is 2.71. The van der Waals surface area contributed by atoms with E-state index in [1.165, 1.54) is 18.2 Å². The Morgan fingerprint density at radius 1 is 1.26 bits per heavy atom. The van der Waals surface area contributed by atoms with E-state index in [9.17, 15) is 13.6 Å². The van der Waals surface area contributed by atoms with Crippen molar-refractivity contribution in [1.82, 2.24) is 4.90 Å². The molecule has 1 fully saturated rings. The van der Waals surface area contributed by atoms with Crippen molar-refractivity contribution in [2.75, 3.05) is 25.0 Å². The van der Waals surface area contributed by atoms with E-state index in [0.29, 0.717) is 18.8 Å². The van der Waals surface area contributed by atoms with Crippen LogP contribution in [0.1, 0.15) is 11.5 Å². The SMILES string of the molecule is N[C@@H]1CN(CC(=O)Nc2ccc(OC(F)F)c(Cl)c2)C[C@H]1c1ccccc1. The molecule has 2 aromatic rings. The van der Waals surface area contributed by atoms with Crippen molar-refractivity contribution in [2.45, 2.75) is 18.6 Å². The summed E-state index contributed by atoms with van der Waals surface area (Å²) in [7, 11) is 0. The van der Waals surface area contributed by atoms with E-state index in [1.54, 1.807) is 0 Å². The molecule has 3 N–H and O–H groups in total. The van der Waals surface area contributed by atoms with E-state index >= 15 is 0 Å². The summed E-state index contributed by atoms with van der Waals surface area (Å²) in [6, 6.07) is 14.1. The molecule has 8 heteroatoms. The van der Waals surface area contributed by atoms with Crippen LogP contribution in [0.4, 0.5) is 14.5 Å². The summed E-state index contributed by atoms with van der Waals surface area (Å²) in [4.78, 5) is 14.3. The van der Waals surface area contributed by atoms with Crippen LogP contribution in [0.3, 0.4) is 0 Å². The monoisotopic (exact) mass is 395 g/mol. The third-order valence-corrected chi connectivity index (χ3v) is 4.76. The topological polar surface area (TPSA) is 67.6 Å². The van der Waals surface area contributed by atoms with Crippen molar-refractivity contribution in [3.8, 4) is 5.75 Å². The summed E-state index contributed by atoms with van der Waals surface area (Å²) in [6.07, 6.45) is 0. The molecule has 0 aromatic heterocycles. The molecule has 0 spiro atoms. The maximum atomic E-state index is 12.3. The van der Waals surface area contributed by atoms with Gasteiger partial charge in [0, 0.05) is 30.7 Å². The number of nitrogens with zero attached hydrogens (tertiary/aromatic N) is 1. The van der Waals surface area contributed by atoms with Gasteiger partial charge in [-0.2, -0.15) is 8.78 Å². The van der Waals surface area contributed by atoms with Gasteiger partial charge in [0.25, 0.3) is 0 Å². The highest BCUT2D eigenvalue weighted by Gasteiger charge is 2.32. The minimum Gasteiger partial charge on any atom is -0.433 e. The number of alkyl halides is 2. The van der Waals surface area contributed by atoms with Gasteiger partial charge in [0.2, 0.25) is 5.91 Å². The molecule has 0 unspecified atom stereocenters. The van der Waals surface area contributed by atoms with Gasteiger partial charge in [0.05, 0.1) is 11.6 Å². The standard InChI is InChI=1S/C19H20ClF2N3O2/c20-15-8-13(6-7-17(15)27-19(21)22)24-18(26)11-25-9-14(16(23)10-25)12-4-2-1-3-5-12/h1-8,14,16,19H,9-11,23H2,(H,24,26)/t14-,16+/m0/s1. The van der Waals surface area contributed by atoms with Crippen molar-refractivity contribution >= 4 is 23.2 Å². The second-order valence-corrected chi connectivity index (χ2v) is 6.85. The maximum Gasteiger partial charge on any atom is 0.387 e. The van der Waals surface area contributed by atoms with Crippen LogP contribution in [-0.2, 0) is 4.79 Å². The van der Waals surface area contributed by atoms with Gasteiger partial charge in [-0.25, -0.2) is 0 Å². The van der Waals surface area contributed by atoms with Crippen molar-refractivity contribution in [3.63, 3.8) is 0 Å². The molecule has 27 heavy (non-hydrogen) atoms. The zero-order chi connectivity index (χ0) is 19.4. The second-order valence-electron chi connectivity index (χ2n) is 6.45. The minimum absolute atomic E-state index is 0.000404. The second kappa shape index (κ2) is 8.65. The number of amides is 1. The number of ether oxygens (including phenoxy) is 1. The molecule has 5 nitrogen and oxygen atoms in total. The molecule has 144 valence electrons. The lowest BCUT2D eigenvalue weighted by molar-refractivity contribution is -0.117. The highest BCUT2D eigenvalue weighted by Crippen LogP contribution is 2.29. The van der Waals surface area contributed by atoms with Crippen molar-refractivity contribution in [1.29, 1.82) is 0 Å². The van der Waals surface area contributed by atoms with E-state index in [2.05, 4.69) is 10.1 Å². The molecule has 0 aliphatic carbocycles. The number of nitrogens with one attached hydrogen (secondary N) is 1. The zero-order valence-corrected chi connectivity index (χ0v) is 15.2. The number of carbonyl (C=O) groups excluding carboxylic acids is 1. The van der Waals surface area contributed by atoms with Crippen LogP contribution in [0.5, 0.6) is 5.75 Å². The van der Waals surface area contributed by atoms with Gasteiger partial charge in [-0.15, -0.1) is 0 Å². The Balaban J connectivity index is 1.56. The van der Waals surface area contributed by atoms with Gasteiger partial charge in [-0.1, -0.05) is 41.9 Å². The number of likely N-dealkylation sites (tertiary alicyclic amines) is 1. The first-order chi connectivity index (χ1) is 12.9. The van der Waals surface area contributed by atoms with E-state index < -0.39 is 6.61 Å². The van der Waals surface area contributed by atoms with Gasteiger partial charge in [0.15, 0.2) is 0 Å². The Morgan fingerprint density at radius 3 is 2.67 bits per heavy atom. The molecule has 3 rings (SSSR count). The highest BCUT2D eigenvalue weighted by atomic mass is 35.5. The molecule has 2 aromatic carbocycles. The Bertz CT molecular complexity index is 792. The van der Waals surface area contributed by atoms with Crippen LogP contribution in [0.2, 0.25) is 5.02 Å². The van der Waals surface area contributed by atoms with Gasteiger partial charge in [-0.05, 0) is 23.8 Å². The van der Waals surface area contributed by atoms with Crippen LogP contribution in [0.25, 0.3) is 0 Å². The quantitative estimate of drug-likeness (QED) is 0.787. The first-order valence-corrected chi connectivity index (χ1v) is 8.87. The largest absolute Gasteiger partial charge is 0.433 e. The summed E-state index contributed by atoms with van der Waals surface area (Å²) in [6.45, 7) is -1.46. The summed E-state index contributed by atoms with van der Waals surface area (Å²) in [5.41, 5.74) is 7.81. The number of benzene rings is 2. The highest BCUT2D eigenvalue weighted by molar-refractivity contribution is 6.32. The molecule has 1 amide bonds. The van der Waals surface area contributed by atoms with Crippen LogP contribution in [0, 0.1) is 0 Å². The molecule has 0 bridgehead atoms. The van der Waals surface area contributed by atoms with Gasteiger partial charge in [0.1, 0.15) is 5.75 Å². The summed E-state index contributed by atoms with van der Waals surface area (Å²) >= 11 is 5.90. The number of anilines is 1. The molecule has 0 radical (unpaired) electrons. The lowest BCUT2D eigenvalue weighted by Gasteiger charge is -2.16. The predicted octanol–water partition coefficient (Wildman–Crippen LogP) is 3.31. The van der Waals surface area contributed by atoms with Crippen LogP contribution >= 0.6 is 11.6 Å². The normalized spacial score (nSPS) is 20.0. The van der Waals surface area contributed by atoms with Crippen LogP contribution in [0.15, 0.2) is 48.5 Å². The Labute approximate surface area is 161 Å². The Kier molecular flexibility index (Phi) is 6.26. The molecule has 1 heterocycles. The number of hydrogen-bond acceptors (Lipinski definition) is 4. The van der Waals surface area contributed by atoms with Crippen LogP contribution < -0.4 is 15.8 Å². The van der Waals surface area contributed by atoms with Crippen molar-refractivity contribution in [2.24, 2.45) is 5.73 Å². The fraction of sp³-hybridized carbons (Fsp3) is 0.316. The third kappa shape index (κ3) is 5.15. The molecule has 1 aliphatic rings. The zero-order valence-electron chi connectivity index (χ0n) is 14.4.